The number of hydrogen-bond acceptors (Lipinski definition) is 4. The van der Waals surface area contributed by atoms with Crippen molar-refractivity contribution in [1.82, 2.24) is 9.62 Å². The second-order valence-corrected chi connectivity index (χ2v) is 7.10. The standard InChI is InChI=1S/C11H22N2O3S/c1-16-8-7-13(9-10-3-2-6-12-10)17(14,15)11-4-5-11/h10-12H,2-9H2,1H3. The van der Waals surface area contributed by atoms with Crippen molar-refractivity contribution in [2.24, 2.45) is 0 Å². The molecule has 1 saturated heterocycles. The van der Waals surface area contributed by atoms with Crippen LogP contribution < -0.4 is 5.32 Å². The quantitative estimate of drug-likeness (QED) is 0.711. The first kappa shape index (κ1) is 13.3. The average molecular weight is 262 g/mol. The Kier molecular flexibility index (Phi) is 4.41. The highest BCUT2D eigenvalue weighted by atomic mass is 32.2. The molecule has 2 fully saturated rings. The van der Waals surface area contributed by atoms with Crippen LogP contribution in [0.15, 0.2) is 0 Å². The van der Waals surface area contributed by atoms with Crippen molar-refractivity contribution in [2.45, 2.75) is 37.0 Å². The summed E-state index contributed by atoms with van der Waals surface area (Å²) < 4.78 is 31.1. The summed E-state index contributed by atoms with van der Waals surface area (Å²) in [7, 11) is -1.47. The predicted octanol–water partition coefficient (Wildman–Crippen LogP) is 0.179. The van der Waals surface area contributed by atoms with Crippen LogP contribution in [0.25, 0.3) is 0 Å². The first-order valence-corrected chi connectivity index (χ1v) is 7.86. The third-order valence-corrected chi connectivity index (χ3v) is 5.80. The minimum absolute atomic E-state index is 0.124. The Bertz CT molecular complexity index is 335. The highest BCUT2D eigenvalue weighted by Gasteiger charge is 2.40. The third-order valence-electron chi connectivity index (χ3n) is 3.44. The molecular formula is C11H22N2O3S. The van der Waals surface area contributed by atoms with Gasteiger partial charge in [-0.2, -0.15) is 4.31 Å². The maximum atomic E-state index is 12.2. The molecule has 1 aliphatic heterocycles. The number of hydrogen-bond donors (Lipinski definition) is 1. The van der Waals surface area contributed by atoms with Gasteiger partial charge in [-0.05, 0) is 32.2 Å². The highest BCUT2D eigenvalue weighted by molar-refractivity contribution is 7.90. The smallest absolute Gasteiger partial charge is 0.217 e. The van der Waals surface area contributed by atoms with E-state index in [-0.39, 0.29) is 5.25 Å². The minimum atomic E-state index is -3.07. The van der Waals surface area contributed by atoms with Gasteiger partial charge in [0.15, 0.2) is 0 Å². The van der Waals surface area contributed by atoms with Crippen LogP contribution in [0.5, 0.6) is 0 Å². The fourth-order valence-corrected chi connectivity index (χ4v) is 4.12. The molecule has 2 rings (SSSR count). The Hall–Kier alpha value is -0.170. The van der Waals surface area contributed by atoms with E-state index >= 15 is 0 Å². The summed E-state index contributed by atoms with van der Waals surface area (Å²) in [6.07, 6.45) is 3.86. The van der Waals surface area contributed by atoms with Crippen molar-refractivity contribution < 1.29 is 13.2 Å². The molecule has 1 saturated carbocycles. The fourth-order valence-electron chi connectivity index (χ4n) is 2.25. The predicted molar refractivity (Wildman–Crippen MR) is 66.4 cm³/mol. The molecule has 6 heteroatoms. The summed E-state index contributed by atoms with van der Waals surface area (Å²) in [5, 5.41) is 3.22. The molecular weight excluding hydrogens is 240 g/mol. The summed E-state index contributed by atoms with van der Waals surface area (Å²) in [5.41, 5.74) is 0. The zero-order valence-electron chi connectivity index (χ0n) is 10.4. The van der Waals surface area contributed by atoms with Gasteiger partial charge in [-0.1, -0.05) is 0 Å². The molecule has 0 amide bonds. The zero-order valence-corrected chi connectivity index (χ0v) is 11.2. The maximum absolute atomic E-state index is 12.2. The monoisotopic (exact) mass is 262 g/mol. The van der Waals surface area contributed by atoms with Gasteiger partial charge in [-0.3, -0.25) is 0 Å². The Morgan fingerprint density at radius 2 is 2.12 bits per heavy atom. The minimum Gasteiger partial charge on any atom is -0.383 e. The van der Waals surface area contributed by atoms with E-state index in [2.05, 4.69) is 5.32 Å². The van der Waals surface area contributed by atoms with Crippen LogP contribution in [0.1, 0.15) is 25.7 Å². The number of nitrogens with zero attached hydrogens (tertiary/aromatic N) is 1. The fraction of sp³-hybridized carbons (Fsp3) is 1.00. The molecule has 1 heterocycles. The topological polar surface area (TPSA) is 58.6 Å². The van der Waals surface area contributed by atoms with Gasteiger partial charge in [0.2, 0.25) is 10.0 Å². The van der Waals surface area contributed by atoms with Crippen molar-refractivity contribution in [2.75, 3.05) is 33.4 Å². The number of nitrogens with one attached hydrogen (secondary N) is 1. The molecule has 5 nitrogen and oxygen atoms in total. The lowest BCUT2D eigenvalue weighted by Crippen LogP contribution is -2.43. The molecule has 1 N–H and O–H groups in total. The SMILES string of the molecule is COCCN(CC1CCCN1)S(=O)(=O)C1CC1. The average Bonchev–Trinajstić information content (AvgIpc) is 3.04. The van der Waals surface area contributed by atoms with E-state index in [0.717, 1.165) is 32.2 Å². The lowest BCUT2D eigenvalue weighted by Gasteiger charge is -2.24. The normalized spacial score (nSPS) is 25.6. The van der Waals surface area contributed by atoms with Gasteiger partial charge in [0.05, 0.1) is 11.9 Å². The van der Waals surface area contributed by atoms with Crippen LogP contribution in [0, 0.1) is 0 Å². The summed E-state index contributed by atoms with van der Waals surface area (Å²) in [5.74, 6) is 0. The molecule has 17 heavy (non-hydrogen) atoms. The molecule has 0 aromatic heterocycles. The lowest BCUT2D eigenvalue weighted by molar-refractivity contribution is 0.176. The number of rotatable bonds is 7. The summed E-state index contributed by atoms with van der Waals surface area (Å²) in [6.45, 7) is 2.56. The van der Waals surface area contributed by atoms with E-state index in [4.69, 9.17) is 4.74 Å². The largest absolute Gasteiger partial charge is 0.383 e. The van der Waals surface area contributed by atoms with E-state index in [1.54, 1.807) is 11.4 Å². The van der Waals surface area contributed by atoms with Crippen molar-refractivity contribution in [3.63, 3.8) is 0 Å². The number of ether oxygens (including phenoxy) is 1. The molecule has 0 bridgehead atoms. The molecule has 0 radical (unpaired) electrons. The van der Waals surface area contributed by atoms with Crippen LogP contribution in [0.4, 0.5) is 0 Å². The Balaban J connectivity index is 1.96. The van der Waals surface area contributed by atoms with Gasteiger partial charge in [-0.15, -0.1) is 0 Å². The second kappa shape index (κ2) is 5.65. The van der Waals surface area contributed by atoms with Crippen LogP contribution in [0.2, 0.25) is 0 Å². The van der Waals surface area contributed by atoms with Crippen LogP contribution in [0.3, 0.4) is 0 Å². The van der Waals surface area contributed by atoms with Crippen molar-refractivity contribution in [1.29, 1.82) is 0 Å². The van der Waals surface area contributed by atoms with Gasteiger partial charge in [0.25, 0.3) is 0 Å². The van der Waals surface area contributed by atoms with Crippen molar-refractivity contribution >= 4 is 10.0 Å². The molecule has 1 aliphatic carbocycles. The van der Waals surface area contributed by atoms with E-state index in [1.165, 1.54) is 0 Å². The lowest BCUT2D eigenvalue weighted by atomic mass is 10.2. The Morgan fingerprint density at radius 1 is 1.35 bits per heavy atom. The zero-order chi connectivity index (χ0) is 12.3. The van der Waals surface area contributed by atoms with Gasteiger partial charge in [-0.25, -0.2) is 8.42 Å². The molecule has 0 spiro atoms. The number of methoxy groups -OCH3 is 1. The van der Waals surface area contributed by atoms with Gasteiger partial charge in [0.1, 0.15) is 0 Å². The summed E-state index contributed by atoms with van der Waals surface area (Å²) in [4.78, 5) is 0. The second-order valence-electron chi connectivity index (χ2n) is 4.89. The first-order valence-electron chi connectivity index (χ1n) is 6.36. The van der Waals surface area contributed by atoms with E-state index < -0.39 is 10.0 Å². The van der Waals surface area contributed by atoms with Crippen molar-refractivity contribution in [3.8, 4) is 0 Å². The van der Waals surface area contributed by atoms with Crippen molar-refractivity contribution in [3.05, 3.63) is 0 Å². The molecule has 100 valence electrons. The maximum Gasteiger partial charge on any atom is 0.217 e. The van der Waals surface area contributed by atoms with E-state index in [1.807, 2.05) is 0 Å². The van der Waals surface area contributed by atoms with Crippen LogP contribution >= 0.6 is 0 Å². The molecule has 0 aromatic rings. The highest BCUT2D eigenvalue weighted by Crippen LogP contribution is 2.31. The van der Waals surface area contributed by atoms with Gasteiger partial charge >= 0.3 is 0 Å². The van der Waals surface area contributed by atoms with E-state index in [9.17, 15) is 8.42 Å². The summed E-state index contributed by atoms with van der Waals surface area (Å²) in [6, 6.07) is 0.320. The Labute approximate surface area is 104 Å². The van der Waals surface area contributed by atoms with Crippen LogP contribution in [-0.4, -0.2) is 57.4 Å². The molecule has 1 unspecified atom stereocenters. The molecule has 0 aromatic carbocycles. The first-order chi connectivity index (χ1) is 8.14. The molecule has 1 atom stereocenters. The summed E-state index contributed by atoms with van der Waals surface area (Å²) >= 11 is 0. The Morgan fingerprint density at radius 3 is 2.65 bits per heavy atom. The van der Waals surface area contributed by atoms with Crippen LogP contribution in [-0.2, 0) is 14.8 Å². The molecule has 2 aliphatic rings. The third kappa shape index (κ3) is 3.40. The van der Waals surface area contributed by atoms with Gasteiger partial charge in [0, 0.05) is 26.2 Å². The number of sulfonamides is 1. The van der Waals surface area contributed by atoms with Gasteiger partial charge < -0.3 is 10.1 Å². The van der Waals surface area contributed by atoms with E-state index in [0.29, 0.717) is 25.7 Å².